The molecule has 0 amide bonds. The summed E-state index contributed by atoms with van der Waals surface area (Å²) >= 11 is 5.91. The summed E-state index contributed by atoms with van der Waals surface area (Å²) in [6, 6.07) is 15.7. The number of halogens is 1. The van der Waals surface area contributed by atoms with Crippen LogP contribution in [0.25, 0.3) is 0 Å². The molecule has 1 unspecified atom stereocenters. The maximum atomic E-state index is 11.4. The molecule has 108 valence electrons. The van der Waals surface area contributed by atoms with Gasteiger partial charge in [-0.3, -0.25) is 4.79 Å². The smallest absolute Gasteiger partial charge is 0.308 e. The zero-order chi connectivity index (χ0) is 14.8. The van der Waals surface area contributed by atoms with Gasteiger partial charge in [0.2, 0.25) is 0 Å². The second-order valence-corrected chi connectivity index (χ2v) is 5.81. The summed E-state index contributed by atoms with van der Waals surface area (Å²) in [5.41, 5.74) is 3.36. The summed E-state index contributed by atoms with van der Waals surface area (Å²) in [4.78, 5) is 13.5. The van der Waals surface area contributed by atoms with Crippen molar-refractivity contribution in [2.45, 2.75) is 13.0 Å². The standard InChI is InChI=1S/C17H16ClNO2/c18-15-7-5-12(6-8-15)10-19-11-14(17(20)21)9-13-3-1-2-4-16(13)19/h1-8,14H,9-11H2,(H,20,21). The van der Waals surface area contributed by atoms with Crippen molar-refractivity contribution in [1.29, 1.82) is 0 Å². The van der Waals surface area contributed by atoms with Crippen LogP contribution in [0.5, 0.6) is 0 Å². The highest BCUT2D eigenvalue weighted by Gasteiger charge is 2.28. The summed E-state index contributed by atoms with van der Waals surface area (Å²) in [7, 11) is 0. The number of fused-ring (bicyclic) bond motifs is 1. The zero-order valence-electron chi connectivity index (χ0n) is 11.5. The number of hydrogen-bond acceptors (Lipinski definition) is 2. The first-order valence-corrected chi connectivity index (χ1v) is 7.31. The first-order valence-electron chi connectivity index (χ1n) is 6.93. The lowest BCUT2D eigenvalue weighted by atomic mass is 9.92. The molecule has 3 nitrogen and oxygen atoms in total. The zero-order valence-corrected chi connectivity index (χ0v) is 12.3. The van der Waals surface area contributed by atoms with E-state index in [2.05, 4.69) is 11.0 Å². The summed E-state index contributed by atoms with van der Waals surface area (Å²) in [6.07, 6.45) is 0.600. The second kappa shape index (κ2) is 5.78. The van der Waals surface area contributed by atoms with Crippen LogP contribution in [0.2, 0.25) is 5.02 Å². The highest BCUT2D eigenvalue weighted by molar-refractivity contribution is 6.30. The topological polar surface area (TPSA) is 40.5 Å². The Bertz CT molecular complexity index is 654. The van der Waals surface area contributed by atoms with Crippen LogP contribution in [0, 0.1) is 5.92 Å². The van der Waals surface area contributed by atoms with Crippen molar-refractivity contribution in [3.8, 4) is 0 Å². The van der Waals surface area contributed by atoms with Crippen molar-refractivity contribution in [3.05, 3.63) is 64.7 Å². The summed E-state index contributed by atoms with van der Waals surface area (Å²) in [5, 5.41) is 10.0. The molecule has 0 spiro atoms. The van der Waals surface area contributed by atoms with E-state index in [0.29, 0.717) is 24.5 Å². The Morgan fingerprint density at radius 2 is 1.90 bits per heavy atom. The Balaban J connectivity index is 1.89. The Kier molecular flexibility index (Phi) is 3.84. The fraction of sp³-hybridized carbons (Fsp3) is 0.235. The van der Waals surface area contributed by atoms with Crippen LogP contribution in [0.15, 0.2) is 48.5 Å². The predicted molar refractivity (Wildman–Crippen MR) is 83.8 cm³/mol. The maximum absolute atomic E-state index is 11.4. The molecule has 0 saturated carbocycles. The van der Waals surface area contributed by atoms with Crippen molar-refractivity contribution in [1.82, 2.24) is 0 Å². The van der Waals surface area contributed by atoms with Crippen LogP contribution >= 0.6 is 11.6 Å². The quantitative estimate of drug-likeness (QED) is 0.941. The van der Waals surface area contributed by atoms with E-state index >= 15 is 0 Å². The number of para-hydroxylation sites is 1. The second-order valence-electron chi connectivity index (χ2n) is 5.37. The molecule has 0 bridgehead atoms. The SMILES string of the molecule is O=C(O)C1Cc2ccccc2N(Cc2ccc(Cl)cc2)C1. The van der Waals surface area contributed by atoms with Crippen molar-refractivity contribution in [3.63, 3.8) is 0 Å². The Morgan fingerprint density at radius 3 is 2.62 bits per heavy atom. The largest absolute Gasteiger partial charge is 0.481 e. The lowest BCUT2D eigenvalue weighted by Gasteiger charge is -2.34. The average Bonchev–Trinajstić information content (AvgIpc) is 2.49. The molecule has 1 aliphatic rings. The molecule has 1 heterocycles. The minimum Gasteiger partial charge on any atom is -0.481 e. The molecule has 4 heteroatoms. The number of rotatable bonds is 3. The number of carboxylic acids is 1. The van der Waals surface area contributed by atoms with Crippen molar-refractivity contribution < 1.29 is 9.90 Å². The van der Waals surface area contributed by atoms with E-state index in [1.165, 1.54) is 0 Å². The Morgan fingerprint density at radius 1 is 1.19 bits per heavy atom. The lowest BCUT2D eigenvalue weighted by Crippen LogP contribution is -2.38. The van der Waals surface area contributed by atoms with E-state index < -0.39 is 5.97 Å². The van der Waals surface area contributed by atoms with Gasteiger partial charge >= 0.3 is 5.97 Å². The van der Waals surface area contributed by atoms with E-state index in [1.54, 1.807) is 0 Å². The van der Waals surface area contributed by atoms with Gasteiger partial charge in [0.05, 0.1) is 5.92 Å². The van der Waals surface area contributed by atoms with Crippen LogP contribution in [0.4, 0.5) is 5.69 Å². The van der Waals surface area contributed by atoms with Gasteiger partial charge in [0.15, 0.2) is 0 Å². The average molecular weight is 302 g/mol. The first-order chi connectivity index (χ1) is 10.1. The van der Waals surface area contributed by atoms with Gasteiger partial charge in [-0.15, -0.1) is 0 Å². The van der Waals surface area contributed by atoms with Crippen LogP contribution in [0.3, 0.4) is 0 Å². The highest BCUT2D eigenvalue weighted by atomic mass is 35.5. The number of carbonyl (C=O) groups is 1. The number of hydrogen-bond donors (Lipinski definition) is 1. The van der Waals surface area contributed by atoms with Gasteiger partial charge in [-0.1, -0.05) is 41.9 Å². The molecule has 0 saturated heterocycles. The third-order valence-electron chi connectivity index (χ3n) is 3.88. The third-order valence-corrected chi connectivity index (χ3v) is 4.13. The molecule has 1 atom stereocenters. The lowest BCUT2D eigenvalue weighted by molar-refractivity contribution is -0.141. The molecule has 2 aromatic carbocycles. The maximum Gasteiger partial charge on any atom is 0.308 e. The molecule has 0 aliphatic carbocycles. The number of benzene rings is 2. The van der Waals surface area contributed by atoms with Crippen molar-refractivity contribution >= 4 is 23.3 Å². The molecule has 0 fully saturated rings. The minimum atomic E-state index is -0.731. The van der Waals surface area contributed by atoms with Gasteiger partial charge in [-0.25, -0.2) is 0 Å². The molecule has 1 aliphatic heterocycles. The van der Waals surface area contributed by atoms with Crippen LogP contribution in [-0.2, 0) is 17.8 Å². The molecule has 0 radical (unpaired) electrons. The van der Waals surface area contributed by atoms with Gasteiger partial charge in [0.1, 0.15) is 0 Å². The first kappa shape index (κ1) is 14.0. The van der Waals surface area contributed by atoms with Gasteiger partial charge in [0, 0.05) is 23.8 Å². The summed E-state index contributed by atoms with van der Waals surface area (Å²) in [6.45, 7) is 1.23. The fourth-order valence-corrected chi connectivity index (χ4v) is 2.94. The minimum absolute atomic E-state index is 0.354. The molecular weight excluding hydrogens is 286 g/mol. The van der Waals surface area contributed by atoms with Crippen LogP contribution in [0.1, 0.15) is 11.1 Å². The molecule has 1 N–H and O–H groups in total. The van der Waals surface area contributed by atoms with E-state index in [-0.39, 0.29) is 5.92 Å². The molecule has 2 aromatic rings. The number of anilines is 1. The van der Waals surface area contributed by atoms with Crippen molar-refractivity contribution in [2.75, 3.05) is 11.4 Å². The number of aliphatic carboxylic acids is 1. The van der Waals surface area contributed by atoms with Crippen LogP contribution < -0.4 is 4.90 Å². The molecule has 3 rings (SSSR count). The predicted octanol–water partition coefficient (Wildman–Crippen LogP) is 3.60. The van der Waals surface area contributed by atoms with Gasteiger partial charge in [-0.05, 0) is 35.7 Å². The Labute approximate surface area is 128 Å². The number of nitrogens with zero attached hydrogens (tertiary/aromatic N) is 1. The van der Waals surface area contributed by atoms with Crippen molar-refractivity contribution in [2.24, 2.45) is 5.92 Å². The van der Waals surface area contributed by atoms with E-state index in [9.17, 15) is 9.90 Å². The summed E-state index contributed by atoms with van der Waals surface area (Å²) < 4.78 is 0. The van der Waals surface area contributed by atoms with Gasteiger partial charge < -0.3 is 10.0 Å². The molecule has 0 aromatic heterocycles. The van der Waals surface area contributed by atoms with E-state index in [1.807, 2.05) is 42.5 Å². The Hall–Kier alpha value is -2.00. The van der Waals surface area contributed by atoms with Gasteiger partial charge in [0.25, 0.3) is 0 Å². The molecular formula is C17H16ClNO2. The summed E-state index contributed by atoms with van der Waals surface area (Å²) in [5.74, 6) is -1.09. The fourth-order valence-electron chi connectivity index (χ4n) is 2.81. The van der Waals surface area contributed by atoms with E-state index in [4.69, 9.17) is 11.6 Å². The monoisotopic (exact) mass is 301 g/mol. The van der Waals surface area contributed by atoms with Gasteiger partial charge in [-0.2, -0.15) is 0 Å². The number of carboxylic acid groups (broad SMARTS) is 1. The van der Waals surface area contributed by atoms with E-state index in [0.717, 1.165) is 16.8 Å². The normalized spacial score (nSPS) is 17.4. The van der Waals surface area contributed by atoms with Crippen LogP contribution in [-0.4, -0.2) is 17.6 Å². The highest BCUT2D eigenvalue weighted by Crippen LogP contribution is 2.31. The molecule has 21 heavy (non-hydrogen) atoms. The third kappa shape index (κ3) is 3.03.